The molecule has 3 rings (SSSR count). The van der Waals surface area contributed by atoms with Crippen LogP contribution in [0.4, 0.5) is 11.6 Å². The summed E-state index contributed by atoms with van der Waals surface area (Å²) in [6.07, 6.45) is 1.77. The van der Waals surface area contributed by atoms with E-state index in [4.69, 9.17) is 16.3 Å². The number of nitrogens with one attached hydrogen (secondary N) is 1. The summed E-state index contributed by atoms with van der Waals surface area (Å²) in [5.74, 6) is 1.24. The maximum absolute atomic E-state index is 5.86. The van der Waals surface area contributed by atoms with Gasteiger partial charge >= 0.3 is 0 Å². The topological polar surface area (TPSA) is 47.0 Å². The molecule has 0 unspecified atom stereocenters. The van der Waals surface area contributed by atoms with Crippen molar-refractivity contribution in [2.75, 3.05) is 12.4 Å². The molecule has 1 heterocycles. The average molecular weight is 286 g/mol. The van der Waals surface area contributed by atoms with Crippen LogP contribution in [0.5, 0.6) is 5.75 Å². The van der Waals surface area contributed by atoms with Crippen molar-refractivity contribution < 1.29 is 4.74 Å². The largest absolute Gasteiger partial charge is 0.494 e. The molecule has 0 atom stereocenters. The molecule has 0 aliphatic heterocycles. The first-order chi connectivity index (χ1) is 9.76. The zero-order valence-electron chi connectivity index (χ0n) is 10.8. The van der Waals surface area contributed by atoms with E-state index in [1.807, 2.05) is 42.5 Å². The number of rotatable bonds is 3. The SMILES string of the molecule is COc1cccc2cnc(Nc3ccc(Cl)cc3)nc12. The highest BCUT2D eigenvalue weighted by atomic mass is 35.5. The molecule has 0 radical (unpaired) electrons. The molecule has 4 nitrogen and oxygen atoms in total. The van der Waals surface area contributed by atoms with Crippen molar-refractivity contribution >= 4 is 34.1 Å². The Morgan fingerprint density at radius 1 is 1.10 bits per heavy atom. The molecular weight excluding hydrogens is 274 g/mol. The van der Waals surface area contributed by atoms with E-state index in [9.17, 15) is 0 Å². The summed E-state index contributed by atoms with van der Waals surface area (Å²) in [5.41, 5.74) is 1.66. The van der Waals surface area contributed by atoms with Crippen molar-refractivity contribution in [3.8, 4) is 5.75 Å². The van der Waals surface area contributed by atoms with E-state index >= 15 is 0 Å². The second-order valence-electron chi connectivity index (χ2n) is 4.22. The molecule has 1 aromatic heterocycles. The Kier molecular flexibility index (Phi) is 3.39. The molecule has 1 N–H and O–H groups in total. The van der Waals surface area contributed by atoms with Crippen LogP contribution >= 0.6 is 11.6 Å². The summed E-state index contributed by atoms with van der Waals surface area (Å²) in [7, 11) is 1.63. The van der Waals surface area contributed by atoms with E-state index in [0.29, 0.717) is 11.0 Å². The third kappa shape index (κ3) is 2.51. The molecule has 0 saturated carbocycles. The van der Waals surface area contributed by atoms with Gasteiger partial charge in [-0.15, -0.1) is 0 Å². The summed E-state index contributed by atoms with van der Waals surface area (Å²) < 4.78 is 5.31. The second-order valence-corrected chi connectivity index (χ2v) is 4.66. The minimum absolute atomic E-state index is 0.518. The quantitative estimate of drug-likeness (QED) is 0.789. The fraction of sp³-hybridized carbons (Fsp3) is 0.0667. The molecule has 100 valence electrons. The Morgan fingerprint density at radius 2 is 1.90 bits per heavy atom. The second kappa shape index (κ2) is 5.35. The van der Waals surface area contributed by atoms with Gasteiger partial charge < -0.3 is 10.1 Å². The molecule has 5 heteroatoms. The van der Waals surface area contributed by atoms with E-state index in [1.54, 1.807) is 13.3 Å². The number of ether oxygens (including phenoxy) is 1. The molecule has 0 bridgehead atoms. The number of hydrogen-bond acceptors (Lipinski definition) is 4. The van der Waals surface area contributed by atoms with Crippen molar-refractivity contribution in [3.05, 3.63) is 53.7 Å². The van der Waals surface area contributed by atoms with Crippen LogP contribution in [0.3, 0.4) is 0 Å². The van der Waals surface area contributed by atoms with Crippen molar-refractivity contribution in [1.29, 1.82) is 0 Å². The van der Waals surface area contributed by atoms with Crippen LogP contribution in [0, 0.1) is 0 Å². The van der Waals surface area contributed by atoms with Gasteiger partial charge in [0.25, 0.3) is 0 Å². The molecule has 20 heavy (non-hydrogen) atoms. The Morgan fingerprint density at radius 3 is 2.65 bits per heavy atom. The molecule has 0 aliphatic carbocycles. The third-order valence-electron chi connectivity index (χ3n) is 2.89. The van der Waals surface area contributed by atoms with Crippen LogP contribution in [0.1, 0.15) is 0 Å². The molecule has 0 amide bonds. The van der Waals surface area contributed by atoms with Gasteiger partial charge in [0.1, 0.15) is 11.3 Å². The number of nitrogens with zero attached hydrogens (tertiary/aromatic N) is 2. The van der Waals surface area contributed by atoms with Gasteiger partial charge in [-0.3, -0.25) is 0 Å². The number of methoxy groups -OCH3 is 1. The molecule has 0 fully saturated rings. The Bertz CT molecular complexity index is 744. The number of aromatic nitrogens is 2. The summed E-state index contributed by atoms with van der Waals surface area (Å²) in [4.78, 5) is 8.77. The molecule has 0 aliphatic rings. The fourth-order valence-corrected chi connectivity index (χ4v) is 2.04. The average Bonchev–Trinajstić information content (AvgIpc) is 2.49. The first kappa shape index (κ1) is 12.7. The van der Waals surface area contributed by atoms with E-state index in [1.165, 1.54) is 0 Å². The highest BCUT2D eigenvalue weighted by molar-refractivity contribution is 6.30. The van der Waals surface area contributed by atoms with Gasteiger partial charge in [-0.25, -0.2) is 9.97 Å². The number of para-hydroxylation sites is 1. The van der Waals surface area contributed by atoms with Crippen LogP contribution in [-0.4, -0.2) is 17.1 Å². The zero-order chi connectivity index (χ0) is 13.9. The highest BCUT2D eigenvalue weighted by Crippen LogP contribution is 2.24. The maximum Gasteiger partial charge on any atom is 0.227 e. The van der Waals surface area contributed by atoms with Crippen LogP contribution < -0.4 is 10.1 Å². The maximum atomic E-state index is 5.86. The highest BCUT2D eigenvalue weighted by Gasteiger charge is 2.05. The number of hydrogen-bond donors (Lipinski definition) is 1. The molecule has 2 aromatic carbocycles. The predicted octanol–water partition coefficient (Wildman–Crippen LogP) is 4.04. The van der Waals surface area contributed by atoms with Gasteiger partial charge in [0.05, 0.1) is 7.11 Å². The lowest BCUT2D eigenvalue weighted by Crippen LogP contribution is -1.98. The minimum atomic E-state index is 0.518. The van der Waals surface area contributed by atoms with Crippen LogP contribution in [0.25, 0.3) is 10.9 Å². The van der Waals surface area contributed by atoms with E-state index in [0.717, 1.165) is 22.3 Å². The van der Waals surface area contributed by atoms with Gasteiger partial charge in [0.2, 0.25) is 5.95 Å². The lowest BCUT2D eigenvalue weighted by atomic mass is 10.2. The number of benzene rings is 2. The van der Waals surface area contributed by atoms with Gasteiger partial charge in [-0.1, -0.05) is 23.7 Å². The predicted molar refractivity (Wildman–Crippen MR) is 80.8 cm³/mol. The molecule has 0 saturated heterocycles. The van der Waals surface area contributed by atoms with E-state index in [-0.39, 0.29) is 0 Å². The van der Waals surface area contributed by atoms with E-state index < -0.39 is 0 Å². The summed E-state index contributed by atoms with van der Waals surface area (Å²) >= 11 is 5.86. The Hall–Kier alpha value is -2.33. The van der Waals surface area contributed by atoms with Crippen molar-refractivity contribution in [1.82, 2.24) is 9.97 Å². The van der Waals surface area contributed by atoms with Crippen LogP contribution in [0.15, 0.2) is 48.7 Å². The standard InChI is InChI=1S/C15H12ClN3O/c1-20-13-4-2-3-10-9-17-15(19-14(10)13)18-12-7-5-11(16)6-8-12/h2-9H,1H3,(H,17,18,19). The first-order valence-corrected chi connectivity index (χ1v) is 6.46. The number of anilines is 2. The van der Waals surface area contributed by atoms with Gasteiger partial charge in [-0.05, 0) is 30.3 Å². The Balaban J connectivity index is 1.98. The minimum Gasteiger partial charge on any atom is -0.494 e. The summed E-state index contributed by atoms with van der Waals surface area (Å²) in [5, 5.41) is 4.77. The monoisotopic (exact) mass is 285 g/mol. The number of halogens is 1. The lowest BCUT2D eigenvalue weighted by molar-refractivity contribution is 0.419. The normalized spacial score (nSPS) is 10.5. The van der Waals surface area contributed by atoms with Gasteiger partial charge in [-0.2, -0.15) is 0 Å². The fourth-order valence-electron chi connectivity index (χ4n) is 1.92. The van der Waals surface area contributed by atoms with Crippen LogP contribution in [0.2, 0.25) is 5.02 Å². The zero-order valence-corrected chi connectivity index (χ0v) is 11.6. The summed E-state index contributed by atoms with van der Waals surface area (Å²) in [6, 6.07) is 13.1. The Labute approximate surface area is 121 Å². The first-order valence-electron chi connectivity index (χ1n) is 6.08. The smallest absolute Gasteiger partial charge is 0.227 e. The van der Waals surface area contributed by atoms with Crippen LogP contribution in [-0.2, 0) is 0 Å². The lowest BCUT2D eigenvalue weighted by Gasteiger charge is -2.08. The third-order valence-corrected chi connectivity index (χ3v) is 3.15. The van der Waals surface area contributed by atoms with E-state index in [2.05, 4.69) is 15.3 Å². The number of fused-ring (bicyclic) bond motifs is 1. The van der Waals surface area contributed by atoms with Gasteiger partial charge in [0.15, 0.2) is 0 Å². The van der Waals surface area contributed by atoms with Crippen molar-refractivity contribution in [2.45, 2.75) is 0 Å². The van der Waals surface area contributed by atoms with Crippen molar-refractivity contribution in [2.24, 2.45) is 0 Å². The molecular formula is C15H12ClN3O. The van der Waals surface area contributed by atoms with Gasteiger partial charge in [0, 0.05) is 22.3 Å². The summed E-state index contributed by atoms with van der Waals surface area (Å²) in [6.45, 7) is 0. The van der Waals surface area contributed by atoms with Crippen molar-refractivity contribution in [3.63, 3.8) is 0 Å². The molecule has 0 spiro atoms. The molecule has 3 aromatic rings.